The van der Waals surface area contributed by atoms with Gasteiger partial charge < -0.3 is 19.7 Å². The number of nitrogens with one attached hydrogen (secondary N) is 1. The minimum Gasteiger partial charge on any atom is -0.480 e. The summed E-state index contributed by atoms with van der Waals surface area (Å²) in [5, 5.41) is 12.8. The van der Waals surface area contributed by atoms with Gasteiger partial charge in [-0.15, -0.1) is 0 Å². The molecule has 1 aliphatic heterocycles. The van der Waals surface area contributed by atoms with Gasteiger partial charge in [-0.1, -0.05) is 6.92 Å². The number of carboxylic acid groups (broad SMARTS) is 1. The molecule has 24 heavy (non-hydrogen) atoms. The van der Waals surface area contributed by atoms with Crippen LogP contribution >= 0.6 is 0 Å². The van der Waals surface area contributed by atoms with Crippen LogP contribution in [0.4, 0.5) is 5.69 Å². The van der Waals surface area contributed by atoms with E-state index in [1.165, 1.54) is 0 Å². The van der Waals surface area contributed by atoms with Crippen molar-refractivity contribution in [2.75, 3.05) is 18.5 Å². The largest absolute Gasteiger partial charge is 0.480 e. The molecule has 2 N–H and O–H groups in total. The number of hydrogen-bond donors (Lipinski definition) is 2. The van der Waals surface area contributed by atoms with Gasteiger partial charge in [0.2, 0.25) is 5.91 Å². The van der Waals surface area contributed by atoms with Crippen LogP contribution in [0.3, 0.4) is 0 Å². The normalized spacial score (nSPS) is 16.9. The van der Waals surface area contributed by atoms with E-state index >= 15 is 0 Å². The lowest BCUT2D eigenvalue weighted by Gasteiger charge is -2.27. The minimum atomic E-state index is -0.879. The molecule has 0 bridgehead atoms. The summed E-state index contributed by atoms with van der Waals surface area (Å²) in [5.41, 5.74) is 1.58. The highest BCUT2D eigenvalue weighted by atomic mass is 16.5. The molecule has 0 aliphatic carbocycles. The van der Waals surface area contributed by atoms with E-state index in [2.05, 4.69) is 5.32 Å². The van der Waals surface area contributed by atoms with Crippen molar-refractivity contribution >= 4 is 28.5 Å². The smallest absolute Gasteiger partial charge is 0.323 e. The maximum atomic E-state index is 12.5. The molecule has 1 atom stereocenters. The number of carboxylic acids is 1. The average molecular weight is 330 g/mol. The molecule has 1 aromatic carbocycles. The van der Waals surface area contributed by atoms with E-state index in [9.17, 15) is 9.59 Å². The van der Waals surface area contributed by atoms with Gasteiger partial charge in [0.15, 0.2) is 0 Å². The summed E-state index contributed by atoms with van der Waals surface area (Å²) in [4.78, 5) is 23.3. The quantitative estimate of drug-likeness (QED) is 0.883. The number of hydrogen-bond acceptors (Lipinski definition) is 3. The Labute approximate surface area is 140 Å². The van der Waals surface area contributed by atoms with Crippen molar-refractivity contribution in [2.24, 2.45) is 11.8 Å². The van der Waals surface area contributed by atoms with E-state index < -0.39 is 5.97 Å². The molecule has 1 amide bonds. The summed E-state index contributed by atoms with van der Waals surface area (Å²) in [6, 6.07) is 7.39. The van der Waals surface area contributed by atoms with Crippen LogP contribution in [0.2, 0.25) is 0 Å². The second-order valence-electron chi connectivity index (χ2n) is 6.34. The predicted molar refractivity (Wildman–Crippen MR) is 90.9 cm³/mol. The lowest BCUT2D eigenvalue weighted by atomic mass is 9.87. The van der Waals surface area contributed by atoms with Crippen LogP contribution in [-0.2, 0) is 20.9 Å². The second-order valence-corrected chi connectivity index (χ2v) is 6.34. The van der Waals surface area contributed by atoms with Crippen molar-refractivity contribution in [3.8, 4) is 0 Å². The number of benzene rings is 1. The van der Waals surface area contributed by atoms with Crippen LogP contribution in [-0.4, -0.2) is 34.8 Å². The summed E-state index contributed by atoms with van der Waals surface area (Å²) in [7, 11) is 0. The molecule has 2 aromatic rings. The number of aliphatic carboxylic acids is 1. The molecule has 6 heteroatoms. The standard InChI is InChI=1S/C18H22N2O4/c1-12(13-5-8-24-9-6-13)18(23)19-15-2-3-16-14(10-15)4-7-20(16)11-17(21)22/h2-4,7,10,12-13H,5-6,8-9,11H2,1H3,(H,19,23)(H,21,22). The summed E-state index contributed by atoms with van der Waals surface area (Å²) in [6.07, 6.45) is 3.59. The Bertz CT molecular complexity index is 747. The summed E-state index contributed by atoms with van der Waals surface area (Å²) >= 11 is 0. The highest BCUT2D eigenvalue weighted by Gasteiger charge is 2.26. The molecule has 3 rings (SSSR count). The average Bonchev–Trinajstić information content (AvgIpc) is 2.96. The fourth-order valence-electron chi connectivity index (χ4n) is 3.25. The number of nitrogens with zero attached hydrogens (tertiary/aromatic N) is 1. The first kappa shape index (κ1) is 16.5. The zero-order chi connectivity index (χ0) is 17.1. The number of amides is 1. The van der Waals surface area contributed by atoms with Crippen molar-refractivity contribution in [1.82, 2.24) is 4.57 Å². The Morgan fingerprint density at radius 1 is 1.33 bits per heavy atom. The Kier molecular flexibility index (Phi) is 4.85. The Morgan fingerprint density at radius 3 is 2.79 bits per heavy atom. The first-order valence-corrected chi connectivity index (χ1v) is 8.24. The van der Waals surface area contributed by atoms with E-state index in [4.69, 9.17) is 9.84 Å². The minimum absolute atomic E-state index is 0.0196. The Hall–Kier alpha value is -2.34. The van der Waals surface area contributed by atoms with Gasteiger partial charge in [0.1, 0.15) is 6.54 Å². The highest BCUT2D eigenvalue weighted by molar-refractivity contribution is 5.95. The molecule has 0 spiro atoms. The third kappa shape index (κ3) is 3.59. The van der Waals surface area contributed by atoms with Gasteiger partial charge in [0, 0.05) is 41.9 Å². The van der Waals surface area contributed by atoms with Gasteiger partial charge in [0.25, 0.3) is 0 Å². The fraction of sp³-hybridized carbons (Fsp3) is 0.444. The Balaban J connectivity index is 1.70. The van der Waals surface area contributed by atoms with Gasteiger partial charge in [-0.25, -0.2) is 0 Å². The molecule has 1 aliphatic rings. The number of carbonyl (C=O) groups is 2. The number of aromatic nitrogens is 1. The predicted octanol–water partition coefficient (Wildman–Crippen LogP) is 2.73. The van der Waals surface area contributed by atoms with Gasteiger partial charge >= 0.3 is 5.97 Å². The van der Waals surface area contributed by atoms with Gasteiger partial charge in [-0.2, -0.15) is 0 Å². The lowest BCUT2D eigenvalue weighted by Crippen LogP contribution is -2.30. The second kappa shape index (κ2) is 7.05. The van der Waals surface area contributed by atoms with Crippen molar-refractivity contribution in [2.45, 2.75) is 26.3 Å². The third-order valence-electron chi connectivity index (χ3n) is 4.73. The number of ether oxygens (including phenoxy) is 1. The van der Waals surface area contributed by atoms with E-state index in [0.29, 0.717) is 5.92 Å². The highest BCUT2D eigenvalue weighted by Crippen LogP contribution is 2.26. The number of fused-ring (bicyclic) bond motifs is 1. The summed E-state index contributed by atoms with van der Waals surface area (Å²) < 4.78 is 7.02. The van der Waals surface area contributed by atoms with Crippen LogP contribution in [0.5, 0.6) is 0 Å². The topological polar surface area (TPSA) is 80.6 Å². The van der Waals surface area contributed by atoms with Crippen molar-refractivity contribution < 1.29 is 19.4 Å². The van der Waals surface area contributed by atoms with Crippen LogP contribution in [0, 0.1) is 11.8 Å². The molecule has 1 fully saturated rings. The van der Waals surface area contributed by atoms with Crippen molar-refractivity contribution in [3.05, 3.63) is 30.5 Å². The van der Waals surface area contributed by atoms with Gasteiger partial charge in [-0.3, -0.25) is 9.59 Å². The molecule has 1 unspecified atom stereocenters. The molecule has 0 radical (unpaired) electrons. The maximum absolute atomic E-state index is 12.5. The summed E-state index contributed by atoms with van der Waals surface area (Å²) in [6.45, 7) is 3.35. The van der Waals surface area contributed by atoms with Crippen LogP contribution < -0.4 is 5.32 Å². The summed E-state index contributed by atoms with van der Waals surface area (Å²) in [5.74, 6) is -0.554. The number of carbonyl (C=O) groups excluding carboxylic acids is 1. The van der Waals surface area contributed by atoms with E-state index in [0.717, 1.165) is 42.6 Å². The number of rotatable bonds is 5. The Morgan fingerprint density at radius 2 is 2.08 bits per heavy atom. The first-order chi connectivity index (χ1) is 11.5. The van der Waals surface area contributed by atoms with Crippen LogP contribution in [0.25, 0.3) is 10.9 Å². The van der Waals surface area contributed by atoms with Gasteiger partial charge in [0.05, 0.1) is 0 Å². The van der Waals surface area contributed by atoms with Crippen molar-refractivity contribution in [1.29, 1.82) is 0 Å². The zero-order valence-electron chi connectivity index (χ0n) is 13.7. The monoisotopic (exact) mass is 330 g/mol. The SMILES string of the molecule is CC(C(=O)Nc1ccc2c(ccn2CC(=O)O)c1)C1CCOCC1. The third-order valence-corrected chi connectivity index (χ3v) is 4.73. The molecule has 1 aromatic heterocycles. The van der Waals surface area contributed by atoms with Gasteiger partial charge in [-0.05, 0) is 43.0 Å². The molecular weight excluding hydrogens is 308 g/mol. The number of anilines is 1. The van der Waals surface area contributed by atoms with E-state index in [-0.39, 0.29) is 18.4 Å². The fourth-order valence-corrected chi connectivity index (χ4v) is 3.25. The van der Waals surface area contributed by atoms with Crippen molar-refractivity contribution in [3.63, 3.8) is 0 Å². The molecule has 2 heterocycles. The molecule has 128 valence electrons. The van der Waals surface area contributed by atoms with E-state index in [1.54, 1.807) is 10.8 Å². The molecule has 0 saturated carbocycles. The molecule has 1 saturated heterocycles. The molecular formula is C18H22N2O4. The first-order valence-electron chi connectivity index (χ1n) is 8.24. The van der Waals surface area contributed by atoms with E-state index in [1.807, 2.05) is 31.2 Å². The van der Waals surface area contributed by atoms with Crippen LogP contribution in [0.1, 0.15) is 19.8 Å². The zero-order valence-corrected chi connectivity index (χ0v) is 13.7. The van der Waals surface area contributed by atoms with Crippen LogP contribution in [0.15, 0.2) is 30.5 Å². The molecule has 6 nitrogen and oxygen atoms in total. The lowest BCUT2D eigenvalue weighted by molar-refractivity contribution is -0.137. The maximum Gasteiger partial charge on any atom is 0.323 e.